The van der Waals surface area contributed by atoms with Crippen molar-refractivity contribution < 1.29 is 13.6 Å². The van der Waals surface area contributed by atoms with Gasteiger partial charge in [0.1, 0.15) is 5.69 Å². The van der Waals surface area contributed by atoms with E-state index in [0.717, 1.165) is 24.5 Å². The number of carbonyl (C=O) groups excluding carboxylic acids is 1. The maximum Gasteiger partial charge on any atom is 0.267 e. The Morgan fingerprint density at radius 1 is 1.22 bits per heavy atom. The van der Waals surface area contributed by atoms with Crippen molar-refractivity contribution in [2.24, 2.45) is 11.1 Å². The van der Waals surface area contributed by atoms with Crippen molar-refractivity contribution in [1.29, 1.82) is 0 Å². The summed E-state index contributed by atoms with van der Waals surface area (Å²) in [5.41, 5.74) is 5.27. The second-order valence-electron chi connectivity index (χ2n) is 7.43. The Kier molecular flexibility index (Phi) is 4.75. The van der Waals surface area contributed by atoms with Crippen LogP contribution in [0.5, 0.6) is 0 Å². The number of alkyl halides is 2. The van der Waals surface area contributed by atoms with E-state index in [9.17, 15) is 18.4 Å². The van der Waals surface area contributed by atoms with Gasteiger partial charge in [-0.3, -0.25) is 14.2 Å². The number of primary amides is 1. The molecule has 6 nitrogen and oxygen atoms in total. The predicted molar refractivity (Wildman–Crippen MR) is 98.2 cm³/mol. The highest BCUT2D eigenvalue weighted by Crippen LogP contribution is 2.56. The highest BCUT2D eigenvalue weighted by molar-refractivity contribution is 5.90. The third-order valence-corrected chi connectivity index (χ3v) is 5.05. The number of nitrogens with two attached hydrogens (primary N) is 1. The molecule has 0 spiro atoms. The summed E-state index contributed by atoms with van der Waals surface area (Å²) in [4.78, 5) is 30.3. The fraction of sp³-hybridized carbons (Fsp3) is 0.421. The molecule has 2 aromatic rings. The minimum atomic E-state index is -2.55. The maximum atomic E-state index is 12.9. The number of rotatable bonds is 6. The van der Waals surface area contributed by atoms with Crippen molar-refractivity contribution in [2.75, 3.05) is 19.0 Å². The Hall–Kier alpha value is -2.77. The first-order chi connectivity index (χ1) is 12.6. The van der Waals surface area contributed by atoms with Crippen LogP contribution in [0.3, 0.4) is 0 Å². The van der Waals surface area contributed by atoms with Gasteiger partial charge in [0.2, 0.25) is 5.95 Å². The van der Waals surface area contributed by atoms with Gasteiger partial charge in [0.15, 0.2) is 0 Å². The second kappa shape index (κ2) is 6.75. The fourth-order valence-electron chi connectivity index (χ4n) is 3.32. The number of aromatic nitrogens is 2. The Morgan fingerprint density at radius 3 is 2.22 bits per heavy atom. The van der Waals surface area contributed by atoms with E-state index in [0.29, 0.717) is 5.95 Å². The summed E-state index contributed by atoms with van der Waals surface area (Å²) in [6.45, 7) is 2.05. The van der Waals surface area contributed by atoms with Crippen LogP contribution in [0.25, 0.3) is 0 Å². The zero-order chi connectivity index (χ0) is 19.9. The van der Waals surface area contributed by atoms with Gasteiger partial charge in [0, 0.05) is 25.7 Å². The van der Waals surface area contributed by atoms with Gasteiger partial charge in [-0.1, -0.05) is 31.2 Å². The Bertz CT molecular complexity index is 918. The number of hydrogen-bond donors (Lipinski definition) is 1. The molecule has 0 aliphatic heterocycles. The predicted octanol–water partition coefficient (Wildman–Crippen LogP) is 2.74. The summed E-state index contributed by atoms with van der Waals surface area (Å²) >= 11 is 0. The molecule has 0 bridgehead atoms. The number of carbonyl (C=O) groups is 1. The summed E-state index contributed by atoms with van der Waals surface area (Å²) in [6.07, 6.45) is -0.762. The van der Waals surface area contributed by atoms with Crippen molar-refractivity contribution in [1.82, 2.24) is 9.55 Å². The molecular weight excluding hydrogens is 354 g/mol. The van der Waals surface area contributed by atoms with Crippen LogP contribution in [0.1, 0.15) is 53.8 Å². The van der Waals surface area contributed by atoms with Gasteiger partial charge in [-0.15, -0.1) is 0 Å². The average Bonchev–Trinajstić information content (AvgIpc) is 3.34. The number of hydrogen-bond acceptors (Lipinski definition) is 4. The van der Waals surface area contributed by atoms with Gasteiger partial charge in [0.05, 0.1) is 6.04 Å². The number of amides is 1. The first-order valence-electron chi connectivity index (χ1n) is 8.63. The third-order valence-electron chi connectivity index (χ3n) is 5.05. The standard InChI is InChI=1S/C19H22F2N4O2/c1-19(8-9-19)15(11-4-6-12(7-5-11)16(20)21)25-14(26)10-13(17(22)27)23-18(25)24(2)3/h4-7,10,15-16H,8-9H2,1-3H3,(H2,22,27)/t15-/m0/s1. The monoisotopic (exact) mass is 376 g/mol. The summed E-state index contributed by atoms with van der Waals surface area (Å²) in [5.74, 6) is -0.481. The first kappa shape index (κ1) is 19.0. The highest BCUT2D eigenvalue weighted by Gasteiger charge is 2.48. The lowest BCUT2D eigenvalue weighted by Crippen LogP contribution is -2.36. The van der Waals surface area contributed by atoms with Gasteiger partial charge in [-0.2, -0.15) is 0 Å². The lowest BCUT2D eigenvalue weighted by Gasteiger charge is -2.30. The molecule has 1 aromatic heterocycles. The summed E-state index contributed by atoms with van der Waals surface area (Å²) in [6, 6.07) is 6.76. The lowest BCUT2D eigenvalue weighted by molar-refractivity contribution is 0.0995. The Morgan fingerprint density at radius 2 is 1.78 bits per heavy atom. The van der Waals surface area contributed by atoms with Gasteiger partial charge >= 0.3 is 0 Å². The molecule has 3 rings (SSSR count). The van der Waals surface area contributed by atoms with E-state index in [1.54, 1.807) is 31.1 Å². The van der Waals surface area contributed by atoms with Crippen LogP contribution < -0.4 is 16.2 Å². The van der Waals surface area contributed by atoms with E-state index in [2.05, 4.69) is 4.98 Å². The molecule has 27 heavy (non-hydrogen) atoms. The van der Waals surface area contributed by atoms with E-state index in [4.69, 9.17) is 5.73 Å². The first-order valence-corrected chi connectivity index (χ1v) is 8.63. The molecule has 0 unspecified atom stereocenters. The largest absolute Gasteiger partial charge is 0.364 e. The molecule has 1 atom stereocenters. The smallest absolute Gasteiger partial charge is 0.267 e. The number of nitrogens with zero attached hydrogens (tertiary/aromatic N) is 3. The van der Waals surface area contributed by atoms with Crippen molar-refractivity contribution in [3.63, 3.8) is 0 Å². The average molecular weight is 376 g/mol. The van der Waals surface area contributed by atoms with Gasteiger partial charge in [0.25, 0.3) is 17.9 Å². The molecule has 144 valence electrons. The van der Waals surface area contributed by atoms with Crippen LogP contribution in [-0.4, -0.2) is 29.6 Å². The zero-order valence-electron chi connectivity index (χ0n) is 15.4. The number of halogens is 2. The molecule has 1 aliphatic rings. The van der Waals surface area contributed by atoms with E-state index >= 15 is 0 Å². The molecular formula is C19H22F2N4O2. The van der Waals surface area contributed by atoms with Crippen molar-refractivity contribution in [3.05, 3.63) is 57.5 Å². The summed E-state index contributed by atoms with van der Waals surface area (Å²) in [5, 5.41) is 0. The Balaban J connectivity index is 2.20. The van der Waals surface area contributed by atoms with Crippen molar-refractivity contribution >= 4 is 11.9 Å². The summed E-state index contributed by atoms with van der Waals surface area (Å²) < 4.78 is 27.3. The van der Waals surface area contributed by atoms with E-state index in [1.165, 1.54) is 16.7 Å². The molecule has 1 amide bonds. The van der Waals surface area contributed by atoms with Crippen LogP contribution in [0.4, 0.5) is 14.7 Å². The minimum Gasteiger partial charge on any atom is -0.364 e. The molecule has 1 saturated carbocycles. The summed E-state index contributed by atoms with van der Waals surface area (Å²) in [7, 11) is 3.43. The Labute approximate surface area is 155 Å². The van der Waals surface area contributed by atoms with E-state index in [-0.39, 0.29) is 22.7 Å². The fourth-order valence-corrected chi connectivity index (χ4v) is 3.32. The van der Waals surface area contributed by atoms with E-state index < -0.39 is 17.9 Å². The SMILES string of the molecule is CN(C)c1nc(C(N)=O)cc(=O)n1[C@@H](c1ccc(C(F)F)cc1)C1(C)CC1. The molecule has 1 aliphatic carbocycles. The van der Waals surface area contributed by atoms with Gasteiger partial charge < -0.3 is 10.6 Å². The molecule has 1 aromatic carbocycles. The van der Waals surface area contributed by atoms with Crippen LogP contribution in [-0.2, 0) is 0 Å². The molecule has 0 saturated heterocycles. The molecule has 1 heterocycles. The van der Waals surface area contributed by atoms with Gasteiger partial charge in [-0.05, 0) is 23.8 Å². The topological polar surface area (TPSA) is 81.2 Å². The van der Waals surface area contributed by atoms with Crippen molar-refractivity contribution in [2.45, 2.75) is 32.2 Å². The molecule has 1 fully saturated rings. The number of anilines is 1. The second-order valence-corrected chi connectivity index (χ2v) is 7.43. The highest BCUT2D eigenvalue weighted by atomic mass is 19.3. The van der Waals surface area contributed by atoms with Crippen LogP contribution in [0, 0.1) is 5.41 Å². The maximum absolute atomic E-state index is 12.9. The molecule has 0 radical (unpaired) electrons. The molecule has 8 heteroatoms. The normalized spacial score (nSPS) is 16.2. The van der Waals surface area contributed by atoms with E-state index in [1.807, 2.05) is 6.92 Å². The lowest BCUT2D eigenvalue weighted by atomic mass is 9.90. The van der Waals surface area contributed by atoms with Gasteiger partial charge in [-0.25, -0.2) is 13.8 Å². The molecule has 2 N–H and O–H groups in total. The van der Waals surface area contributed by atoms with Crippen LogP contribution in [0.15, 0.2) is 35.1 Å². The minimum absolute atomic E-state index is 0.0687. The zero-order valence-corrected chi connectivity index (χ0v) is 15.4. The van der Waals surface area contributed by atoms with Crippen LogP contribution in [0.2, 0.25) is 0 Å². The van der Waals surface area contributed by atoms with Crippen LogP contribution >= 0.6 is 0 Å². The van der Waals surface area contributed by atoms with Crippen molar-refractivity contribution in [3.8, 4) is 0 Å². The quantitative estimate of drug-likeness (QED) is 0.841. The third kappa shape index (κ3) is 3.56. The number of benzene rings is 1.